The Labute approximate surface area is 431 Å². The molecule has 0 bridgehead atoms. The summed E-state index contributed by atoms with van der Waals surface area (Å²) in [5.41, 5.74) is 0. The first kappa shape index (κ1) is 67.3. The van der Waals surface area contributed by atoms with E-state index < -0.39 is 12.1 Å². The number of aliphatic hydroxyl groups is 2. The van der Waals surface area contributed by atoms with Crippen LogP contribution in [0.4, 0.5) is 0 Å². The molecular formula is C63H121NO5. The molecule has 6 heteroatoms. The van der Waals surface area contributed by atoms with Crippen LogP contribution in [0, 0.1) is 0 Å². The number of carbonyl (C=O) groups excluding carboxylic acids is 2. The average molecular weight is 973 g/mol. The Kier molecular flexibility index (Phi) is 57.5. The minimum absolute atomic E-state index is 0.00408. The van der Waals surface area contributed by atoms with E-state index in [-0.39, 0.29) is 18.5 Å². The molecular weight excluding hydrogens is 851 g/mol. The summed E-state index contributed by atoms with van der Waals surface area (Å²) in [6.45, 7) is 4.89. The Bertz CT molecular complexity index is 1080. The first-order valence-corrected chi connectivity index (χ1v) is 31.1. The van der Waals surface area contributed by atoms with Gasteiger partial charge in [-0.05, 0) is 51.4 Å². The van der Waals surface area contributed by atoms with Gasteiger partial charge < -0.3 is 20.3 Å². The Morgan fingerprint density at radius 3 is 1.07 bits per heavy atom. The molecule has 0 rings (SSSR count). The monoisotopic (exact) mass is 972 g/mol. The number of amides is 1. The number of carbonyl (C=O) groups is 2. The molecule has 0 aromatic rings. The van der Waals surface area contributed by atoms with Gasteiger partial charge in [0.25, 0.3) is 0 Å². The zero-order valence-electron chi connectivity index (χ0n) is 46.6. The molecule has 0 saturated heterocycles. The van der Waals surface area contributed by atoms with E-state index in [4.69, 9.17) is 4.74 Å². The molecule has 1 amide bonds. The Hall–Kier alpha value is -1.66. The lowest BCUT2D eigenvalue weighted by atomic mass is 10.0. The molecule has 0 fully saturated rings. The van der Waals surface area contributed by atoms with Crippen LogP contribution in [0.15, 0.2) is 24.3 Å². The summed E-state index contributed by atoms with van der Waals surface area (Å²) >= 11 is 0. The van der Waals surface area contributed by atoms with Crippen LogP contribution >= 0.6 is 0 Å². The number of ether oxygens (including phenoxy) is 1. The maximum atomic E-state index is 12.5. The van der Waals surface area contributed by atoms with E-state index >= 15 is 0 Å². The molecule has 2 unspecified atom stereocenters. The Morgan fingerprint density at radius 1 is 0.391 bits per heavy atom. The predicted molar refractivity (Wildman–Crippen MR) is 301 cm³/mol. The summed E-state index contributed by atoms with van der Waals surface area (Å²) in [5, 5.41) is 23.2. The van der Waals surface area contributed by atoms with E-state index in [1.165, 1.54) is 270 Å². The van der Waals surface area contributed by atoms with Crippen molar-refractivity contribution in [3.63, 3.8) is 0 Å². The van der Waals surface area contributed by atoms with Gasteiger partial charge in [-0.3, -0.25) is 9.59 Å². The van der Waals surface area contributed by atoms with Crippen LogP contribution in [0.25, 0.3) is 0 Å². The van der Waals surface area contributed by atoms with Gasteiger partial charge in [0.2, 0.25) is 5.91 Å². The first-order chi connectivity index (χ1) is 34.0. The van der Waals surface area contributed by atoms with E-state index in [1.807, 2.05) is 6.08 Å². The number of esters is 1. The highest BCUT2D eigenvalue weighted by atomic mass is 16.5. The SMILES string of the molecule is CCCC/C=C\CCCCCCCC(=O)OCCCCCCCCCCCCCCCCCCCCCCCCCCC(=O)NC(CO)C(O)/C=C/CCCCCCCCCCCCCCCCC. The number of allylic oxidation sites excluding steroid dienone is 3. The number of hydrogen-bond donors (Lipinski definition) is 3. The van der Waals surface area contributed by atoms with Gasteiger partial charge in [-0.25, -0.2) is 0 Å². The number of unbranched alkanes of at least 4 members (excludes halogenated alkanes) is 45. The van der Waals surface area contributed by atoms with Gasteiger partial charge >= 0.3 is 5.97 Å². The van der Waals surface area contributed by atoms with Crippen LogP contribution in [0.5, 0.6) is 0 Å². The van der Waals surface area contributed by atoms with Crippen LogP contribution in [0.1, 0.15) is 341 Å². The summed E-state index contributed by atoms with van der Waals surface area (Å²) in [6.07, 6.45) is 72.2. The van der Waals surface area contributed by atoms with E-state index in [2.05, 4.69) is 31.3 Å². The van der Waals surface area contributed by atoms with Crippen molar-refractivity contribution in [2.75, 3.05) is 13.2 Å². The summed E-state index contributed by atoms with van der Waals surface area (Å²) < 4.78 is 5.46. The lowest BCUT2D eigenvalue weighted by molar-refractivity contribution is -0.143. The smallest absolute Gasteiger partial charge is 0.305 e. The lowest BCUT2D eigenvalue weighted by Crippen LogP contribution is -2.45. The molecule has 0 spiro atoms. The normalized spacial score (nSPS) is 12.7. The summed E-state index contributed by atoms with van der Waals surface area (Å²) in [4.78, 5) is 24.5. The second-order valence-corrected chi connectivity index (χ2v) is 21.4. The van der Waals surface area contributed by atoms with Crippen molar-refractivity contribution in [3.05, 3.63) is 24.3 Å². The first-order valence-electron chi connectivity index (χ1n) is 31.1. The van der Waals surface area contributed by atoms with E-state index in [1.54, 1.807) is 6.08 Å². The van der Waals surface area contributed by atoms with Gasteiger partial charge in [-0.1, -0.05) is 301 Å². The molecule has 0 saturated carbocycles. The largest absolute Gasteiger partial charge is 0.466 e. The number of hydrogen-bond acceptors (Lipinski definition) is 5. The van der Waals surface area contributed by atoms with Gasteiger partial charge in [0.1, 0.15) is 0 Å². The predicted octanol–water partition coefficient (Wildman–Crippen LogP) is 19.4. The van der Waals surface area contributed by atoms with Crippen molar-refractivity contribution in [1.29, 1.82) is 0 Å². The van der Waals surface area contributed by atoms with Crippen LogP contribution in [0.3, 0.4) is 0 Å². The lowest BCUT2D eigenvalue weighted by Gasteiger charge is -2.20. The molecule has 0 heterocycles. The van der Waals surface area contributed by atoms with E-state index in [0.29, 0.717) is 19.4 Å². The fourth-order valence-corrected chi connectivity index (χ4v) is 9.68. The molecule has 0 aliphatic rings. The van der Waals surface area contributed by atoms with Gasteiger partial charge in [0.15, 0.2) is 0 Å². The van der Waals surface area contributed by atoms with Gasteiger partial charge in [0, 0.05) is 12.8 Å². The number of aliphatic hydroxyl groups excluding tert-OH is 2. The molecule has 3 N–H and O–H groups in total. The molecule has 0 aliphatic heterocycles. The maximum absolute atomic E-state index is 12.5. The van der Waals surface area contributed by atoms with Crippen molar-refractivity contribution in [3.8, 4) is 0 Å². The van der Waals surface area contributed by atoms with Crippen molar-refractivity contribution < 1.29 is 24.5 Å². The molecule has 2 atom stereocenters. The molecule has 0 aromatic heterocycles. The highest BCUT2D eigenvalue weighted by Gasteiger charge is 2.18. The maximum Gasteiger partial charge on any atom is 0.305 e. The summed E-state index contributed by atoms with van der Waals surface area (Å²) in [5.74, 6) is -0.0604. The van der Waals surface area contributed by atoms with Gasteiger partial charge in [-0.15, -0.1) is 0 Å². The molecule has 0 aliphatic carbocycles. The van der Waals surface area contributed by atoms with Gasteiger partial charge in [0.05, 0.1) is 25.4 Å². The average Bonchev–Trinajstić information content (AvgIpc) is 3.35. The molecule has 408 valence electrons. The molecule has 6 nitrogen and oxygen atoms in total. The zero-order valence-corrected chi connectivity index (χ0v) is 46.6. The van der Waals surface area contributed by atoms with Crippen molar-refractivity contribution >= 4 is 11.9 Å². The van der Waals surface area contributed by atoms with Crippen LogP contribution < -0.4 is 5.32 Å². The minimum atomic E-state index is -0.843. The fourth-order valence-electron chi connectivity index (χ4n) is 9.68. The third-order valence-electron chi connectivity index (χ3n) is 14.5. The van der Waals surface area contributed by atoms with Crippen molar-refractivity contribution in [2.45, 2.75) is 353 Å². The highest BCUT2D eigenvalue weighted by molar-refractivity contribution is 5.76. The second-order valence-electron chi connectivity index (χ2n) is 21.4. The zero-order chi connectivity index (χ0) is 50.0. The third-order valence-corrected chi connectivity index (χ3v) is 14.5. The van der Waals surface area contributed by atoms with Crippen molar-refractivity contribution in [1.82, 2.24) is 5.32 Å². The topological polar surface area (TPSA) is 95.9 Å². The van der Waals surface area contributed by atoms with Gasteiger partial charge in [-0.2, -0.15) is 0 Å². The second kappa shape index (κ2) is 58.9. The van der Waals surface area contributed by atoms with E-state index in [9.17, 15) is 19.8 Å². The fraction of sp³-hybridized carbons (Fsp3) is 0.905. The molecule has 0 radical (unpaired) electrons. The Morgan fingerprint density at radius 2 is 0.696 bits per heavy atom. The minimum Gasteiger partial charge on any atom is -0.466 e. The molecule has 69 heavy (non-hydrogen) atoms. The number of nitrogens with one attached hydrogen (secondary N) is 1. The quantitative estimate of drug-likeness (QED) is 0.0321. The summed E-state index contributed by atoms with van der Waals surface area (Å²) in [7, 11) is 0. The third kappa shape index (κ3) is 55.5. The van der Waals surface area contributed by atoms with Crippen molar-refractivity contribution in [2.24, 2.45) is 0 Å². The van der Waals surface area contributed by atoms with Crippen LogP contribution in [0.2, 0.25) is 0 Å². The summed E-state index contributed by atoms with van der Waals surface area (Å²) in [6, 6.07) is -0.627. The van der Waals surface area contributed by atoms with Crippen LogP contribution in [-0.2, 0) is 14.3 Å². The molecule has 0 aromatic carbocycles. The van der Waals surface area contributed by atoms with E-state index in [0.717, 1.165) is 44.9 Å². The number of rotatable bonds is 58. The van der Waals surface area contributed by atoms with Crippen LogP contribution in [-0.4, -0.2) is 47.4 Å². The Balaban J connectivity index is 3.40. The highest BCUT2D eigenvalue weighted by Crippen LogP contribution is 2.18. The standard InChI is InChI=1S/C63H121NO5/c1-3-5-7-9-11-13-15-16-17-26-29-32-36-39-43-47-51-55-61(66)60(59-65)64-62(67)56-52-48-44-40-37-33-30-27-24-22-20-18-19-21-23-25-28-31-34-38-42-46-50-54-58-69-63(68)57-53-49-45-41-35-14-12-10-8-6-4-2/h10,12,51,55,60-61,65-66H,3-9,11,13-50,52-54,56-59H2,1-2H3,(H,64,67)/b12-10-,55-51+.